The van der Waals surface area contributed by atoms with Crippen molar-refractivity contribution >= 4 is 17.2 Å². The van der Waals surface area contributed by atoms with E-state index >= 15 is 0 Å². The van der Waals surface area contributed by atoms with Gasteiger partial charge >= 0.3 is 0 Å². The molecule has 0 aromatic carbocycles. The third kappa shape index (κ3) is 1.07. The second-order valence-corrected chi connectivity index (χ2v) is 3.94. The number of aryl methyl sites for hydroxylation is 1. The number of halogens is 1. The molecule has 3 rings (SSSR count). The number of fused-ring (bicyclic) bond motifs is 2. The molecule has 0 aliphatic heterocycles. The van der Waals surface area contributed by atoms with Crippen LogP contribution in [0.4, 0.5) is 0 Å². The van der Waals surface area contributed by atoms with E-state index in [1.165, 1.54) is 6.20 Å². The minimum Gasteiger partial charge on any atom is -0.232 e. The summed E-state index contributed by atoms with van der Waals surface area (Å²) < 4.78 is 1.55. The summed E-state index contributed by atoms with van der Waals surface area (Å²) in [6.07, 6.45) is 4.49. The zero-order chi connectivity index (χ0) is 10.4. The van der Waals surface area contributed by atoms with Crippen molar-refractivity contribution in [3.63, 3.8) is 0 Å². The lowest BCUT2D eigenvalue weighted by Gasteiger charge is -2.03. The molecule has 0 spiro atoms. The highest BCUT2D eigenvalue weighted by atomic mass is 35.5. The monoisotopic (exact) mass is 218 g/mol. The maximum atomic E-state index is 8.88. The zero-order valence-electron chi connectivity index (χ0n) is 7.87. The lowest BCUT2D eigenvalue weighted by atomic mass is 10.2. The van der Waals surface area contributed by atoms with Gasteiger partial charge in [0, 0.05) is 11.3 Å². The molecule has 0 saturated carbocycles. The fraction of sp³-hybridized carbons (Fsp3) is 0.300. The summed E-state index contributed by atoms with van der Waals surface area (Å²) in [6.45, 7) is 0. The smallest absolute Gasteiger partial charge is 0.174 e. The number of nitriles is 1. The van der Waals surface area contributed by atoms with Crippen molar-refractivity contribution in [3.8, 4) is 6.07 Å². The van der Waals surface area contributed by atoms with Gasteiger partial charge in [-0.05, 0) is 19.3 Å². The normalized spacial score (nSPS) is 14.1. The number of nitrogens with zero attached hydrogens (tertiary/aromatic N) is 4. The van der Waals surface area contributed by atoms with E-state index in [2.05, 4.69) is 16.2 Å². The van der Waals surface area contributed by atoms with E-state index in [1.54, 1.807) is 4.52 Å². The van der Waals surface area contributed by atoms with Crippen molar-refractivity contribution in [2.45, 2.75) is 19.3 Å². The molecule has 0 unspecified atom stereocenters. The average Bonchev–Trinajstić information content (AvgIpc) is 2.83. The molecule has 0 bridgehead atoms. The molecule has 0 fully saturated rings. The largest absolute Gasteiger partial charge is 0.232 e. The first kappa shape index (κ1) is 8.69. The number of hydrogen-bond donors (Lipinski definition) is 0. The molecule has 5 heteroatoms. The maximum absolute atomic E-state index is 8.88. The molecule has 1 aliphatic rings. The zero-order valence-corrected chi connectivity index (χ0v) is 8.62. The van der Waals surface area contributed by atoms with E-state index in [-0.39, 0.29) is 0 Å². The Bertz CT molecular complexity index is 593. The van der Waals surface area contributed by atoms with Crippen LogP contribution in [0, 0.1) is 11.3 Å². The van der Waals surface area contributed by atoms with Crippen LogP contribution in [0.5, 0.6) is 0 Å². The van der Waals surface area contributed by atoms with Gasteiger partial charge in [0.15, 0.2) is 5.65 Å². The molecular weight excluding hydrogens is 212 g/mol. The Morgan fingerprint density at radius 3 is 3.13 bits per heavy atom. The second kappa shape index (κ2) is 2.94. The summed E-state index contributed by atoms with van der Waals surface area (Å²) in [5.41, 5.74) is 3.15. The van der Waals surface area contributed by atoms with Crippen LogP contribution >= 0.6 is 11.6 Å². The van der Waals surface area contributed by atoms with Crippen LogP contribution in [0.1, 0.15) is 23.2 Å². The number of aromatic nitrogens is 3. The lowest BCUT2D eigenvalue weighted by Crippen LogP contribution is -1.99. The Hall–Kier alpha value is -1.60. The Kier molecular flexibility index (Phi) is 1.70. The molecule has 1 aliphatic carbocycles. The highest BCUT2D eigenvalue weighted by Gasteiger charge is 2.20. The Morgan fingerprint density at radius 2 is 2.33 bits per heavy atom. The molecule has 2 heterocycles. The fourth-order valence-corrected chi connectivity index (χ4v) is 2.33. The molecule has 74 valence electrons. The van der Waals surface area contributed by atoms with Gasteiger partial charge in [-0.2, -0.15) is 10.4 Å². The van der Waals surface area contributed by atoms with Crippen LogP contribution in [-0.4, -0.2) is 14.6 Å². The minimum atomic E-state index is 0.478. The summed E-state index contributed by atoms with van der Waals surface area (Å²) in [7, 11) is 0. The van der Waals surface area contributed by atoms with E-state index in [0.717, 1.165) is 30.5 Å². The first-order valence-electron chi connectivity index (χ1n) is 4.76. The second-order valence-electron chi connectivity index (χ2n) is 3.59. The summed E-state index contributed by atoms with van der Waals surface area (Å²) >= 11 is 6.21. The van der Waals surface area contributed by atoms with Gasteiger partial charge < -0.3 is 0 Å². The highest BCUT2D eigenvalue weighted by molar-refractivity contribution is 6.30. The van der Waals surface area contributed by atoms with Gasteiger partial charge in [-0.3, -0.25) is 0 Å². The fourth-order valence-electron chi connectivity index (χ4n) is 2.00. The van der Waals surface area contributed by atoms with E-state index in [0.29, 0.717) is 16.4 Å². The van der Waals surface area contributed by atoms with Crippen molar-refractivity contribution in [2.75, 3.05) is 0 Å². The molecular formula is C10H7ClN4. The lowest BCUT2D eigenvalue weighted by molar-refractivity contribution is 0.900. The molecule has 2 aromatic heterocycles. The summed E-state index contributed by atoms with van der Waals surface area (Å²) in [6, 6.07) is 2.06. The number of rotatable bonds is 0. The predicted molar refractivity (Wildman–Crippen MR) is 54.7 cm³/mol. The Labute approximate surface area is 91.1 Å². The van der Waals surface area contributed by atoms with E-state index in [9.17, 15) is 0 Å². The van der Waals surface area contributed by atoms with Crippen molar-refractivity contribution in [3.05, 3.63) is 28.2 Å². The number of hydrogen-bond acceptors (Lipinski definition) is 3. The topological polar surface area (TPSA) is 54.0 Å². The van der Waals surface area contributed by atoms with Gasteiger partial charge in [0.25, 0.3) is 0 Å². The standard InChI is InChI=1S/C10H7ClN4/c11-9-7-2-1-3-8(7)14-10-6(4-12)5-13-15(9)10/h5H,1-3H2. The molecule has 0 N–H and O–H groups in total. The van der Waals surface area contributed by atoms with Crippen LogP contribution < -0.4 is 0 Å². The average molecular weight is 219 g/mol. The van der Waals surface area contributed by atoms with Gasteiger partial charge in [-0.15, -0.1) is 0 Å². The van der Waals surface area contributed by atoms with Crippen LogP contribution in [0.2, 0.25) is 5.15 Å². The molecule has 0 atom stereocenters. The van der Waals surface area contributed by atoms with Gasteiger partial charge in [0.1, 0.15) is 16.8 Å². The van der Waals surface area contributed by atoms with Crippen molar-refractivity contribution in [1.82, 2.24) is 14.6 Å². The molecule has 15 heavy (non-hydrogen) atoms. The van der Waals surface area contributed by atoms with Crippen molar-refractivity contribution in [2.24, 2.45) is 0 Å². The summed E-state index contributed by atoms with van der Waals surface area (Å²) in [5.74, 6) is 0. The Balaban J connectivity index is 2.44. The molecule has 4 nitrogen and oxygen atoms in total. The SMILES string of the molecule is N#Cc1cnn2c(Cl)c3c(nc12)CCC3. The van der Waals surface area contributed by atoms with E-state index in [1.807, 2.05) is 0 Å². The van der Waals surface area contributed by atoms with E-state index < -0.39 is 0 Å². The molecule has 0 amide bonds. The quantitative estimate of drug-likeness (QED) is 0.633. The van der Waals surface area contributed by atoms with Crippen LogP contribution in [-0.2, 0) is 12.8 Å². The van der Waals surface area contributed by atoms with Crippen LogP contribution in [0.3, 0.4) is 0 Å². The van der Waals surface area contributed by atoms with Gasteiger partial charge in [-0.25, -0.2) is 9.50 Å². The molecule has 0 saturated heterocycles. The third-order valence-electron chi connectivity index (χ3n) is 2.73. The molecule has 0 radical (unpaired) electrons. The predicted octanol–water partition coefficient (Wildman–Crippen LogP) is 1.74. The minimum absolute atomic E-state index is 0.478. The third-order valence-corrected chi connectivity index (χ3v) is 3.12. The first-order chi connectivity index (χ1) is 7.31. The van der Waals surface area contributed by atoms with Crippen molar-refractivity contribution in [1.29, 1.82) is 5.26 Å². The van der Waals surface area contributed by atoms with Crippen molar-refractivity contribution < 1.29 is 0 Å². The first-order valence-corrected chi connectivity index (χ1v) is 5.14. The van der Waals surface area contributed by atoms with Crippen LogP contribution in [0.25, 0.3) is 5.65 Å². The van der Waals surface area contributed by atoms with E-state index in [4.69, 9.17) is 16.9 Å². The maximum Gasteiger partial charge on any atom is 0.174 e. The summed E-state index contributed by atoms with van der Waals surface area (Å²) in [4.78, 5) is 4.44. The molecule has 2 aromatic rings. The van der Waals surface area contributed by atoms with Gasteiger partial charge in [0.05, 0.1) is 6.20 Å². The van der Waals surface area contributed by atoms with Gasteiger partial charge in [0.2, 0.25) is 0 Å². The summed E-state index contributed by atoms with van der Waals surface area (Å²) in [5, 5.41) is 13.5. The Morgan fingerprint density at radius 1 is 1.47 bits per heavy atom. The highest BCUT2D eigenvalue weighted by Crippen LogP contribution is 2.28. The van der Waals surface area contributed by atoms with Crippen LogP contribution in [0.15, 0.2) is 6.20 Å². The van der Waals surface area contributed by atoms with Gasteiger partial charge in [-0.1, -0.05) is 11.6 Å².